The maximum atomic E-state index is 5.17. The molecule has 0 aliphatic rings. The fraction of sp³-hybridized carbons (Fsp3) is 0.0909. The van der Waals surface area contributed by atoms with E-state index in [4.69, 9.17) is 9.57 Å². The average molecular weight is 345 g/mol. The first-order valence-electron chi connectivity index (χ1n) is 8.30. The van der Waals surface area contributed by atoms with Crippen LogP contribution in [0.5, 0.6) is 5.75 Å². The van der Waals surface area contributed by atoms with Gasteiger partial charge in [-0.25, -0.2) is 4.98 Å². The van der Waals surface area contributed by atoms with E-state index in [0.717, 1.165) is 28.3 Å². The third-order valence-corrected chi connectivity index (χ3v) is 3.84. The van der Waals surface area contributed by atoms with Gasteiger partial charge in [-0.2, -0.15) is 0 Å². The first kappa shape index (κ1) is 17.4. The van der Waals surface area contributed by atoms with Crippen molar-refractivity contribution in [1.29, 1.82) is 0 Å². The number of pyridine rings is 2. The Morgan fingerprint density at radius 2 is 1.31 bits per heavy atom. The molecule has 3 aromatic rings. The van der Waals surface area contributed by atoms with Crippen LogP contribution < -0.4 is 14.3 Å². The maximum absolute atomic E-state index is 5.17. The van der Waals surface area contributed by atoms with Gasteiger partial charge in [0.25, 0.3) is 0 Å². The zero-order chi connectivity index (χ0) is 18.2. The highest BCUT2D eigenvalue weighted by Gasteiger charge is 1.97. The molecule has 26 heavy (non-hydrogen) atoms. The van der Waals surface area contributed by atoms with Crippen molar-refractivity contribution in [2.75, 3.05) is 14.2 Å². The first-order valence-corrected chi connectivity index (χ1v) is 8.30. The lowest BCUT2D eigenvalue weighted by atomic mass is 10.2. The molecule has 0 aliphatic carbocycles. The number of methoxy groups -OCH3 is 1. The van der Waals surface area contributed by atoms with Crippen LogP contribution in [0.2, 0.25) is 0 Å². The second-order valence-electron chi connectivity index (χ2n) is 5.60. The summed E-state index contributed by atoms with van der Waals surface area (Å²) in [6, 6.07) is 17.9. The summed E-state index contributed by atoms with van der Waals surface area (Å²) < 4.78 is 6.81. The molecule has 0 saturated carbocycles. The molecule has 0 bridgehead atoms. The molecule has 4 nitrogen and oxygen atoms in total. The summed E-state index contributed by atoms with van der Waals surface area (Å²) in [5.74, 6) is 0.851. The Bertz CT molecular complexity index is 825. The van der Waals surface area contributed by atoms with Crippen LogP contribution in [0.25, 0.3) is 24.3 Å². The van der Waals surface area contributed by atoms with E-state index in [9.17, 15) is 0 Å². The zero-order valence-corrected chi connectivity index (χ0v) is 14.9. The largest absolute Gasteiger partial charge is 0.497 e. The molecule has 0 radical (unpaired) electrons. The highest BCUT2D eigenvalue weighted by atomic mass is 16.6. The van der Waals surface area contributed by atoms with Gasteiger partial charge in [-0.05, 0) is 47.5 Å². The molecule has 0 spiro atoms. The molecule has 3 rings (SSSR count). The van der Waals surface area contributed by atoms with Crippen LogP contribution in [-0.4, -0.2) is 19.2 Å². The Morgan fingerprint density at radius 3 is 1.85 bits per heavy atom. The van der Waals surface area contributed by atoms with Crippen molar-refractivity contribution in [2.45, 2.75) is 0 Å². The lowest BCUT2D eigenvalue weighted by Crippen LogP contribution is -2.39. The van der Waals surface area contributed by atoms with E-state index in [1.165, 1.54) is 0 Å². The number of nitrogens with zero attached hydrogens (tertiary/aromatic N) is 2. The van der Waals surface area contributed by atoms with Gasteiger partial charge in [0.1, 0.15) is 12.9 Å². The third-order valence-electron chi connectivity index (χ3n) is 3.84. The van der Waals surface area contributed by atoms with Gasteiger partial charge >= 0.3 is 0 Å². The van der Waals surface area contributed by atoms with E-state index in [-0.39, 0.29) is 0 Å². The monoisotopic (exact) mass is 345 g/mol. The molecular weight excluding hydrogens is 324 g/mol. The van der Waals surface area contributed by atoms with Crippen LogP contribution >= 0.6 is 0 Å². The number of hydrogen-bond donors (Lipinski definition) is 0. The molecule has 0 N–H and O–H groups in total. The Labute approximate surface area is 153 Å². The molecule has 130 valence electrons. The smallest absolute Gasteiger partial charge is 0.223 e. The van der Waals surface area contributed by atoms with Gasteiger partial charge in [-0.1, -0.05) is 30.4 Å². The highest BCUT2D eigenvalue weighted by molar-refractivity contribution is 5.71. The molecule has 0 amide bonds. The Balaban J connectivity index is 1.70. The number of aromatic nitrogens is 2. The van der Waals surface area contributed by atoms with Crippen molar-refractivity contribution in [3.05, 3.63) is 89.5 Å². The molecule has 0 unspecified atom stereocenters. The van der Waals surface area contributed by atoms with Gasteiger partial charge in [0.05, 0.1) is 18.5 Å². The van der Waals surface area contributed by atoms with Crippen LogP contribution in [0, 0.1) is 0 Å². The standard InChI is InChI=1S/C22H21N2O2/c1-25-22-12-8-18(9-13-22)6-10-20-4-3-5-21(23-20)11-7-19-14-16-24(26-2)17-15-19/h3-17H,1-2H3/q+1. The van der Waals surface area contributed by atoms with Gasteiger partial charge in [0.2, 0.25) is 12.4 Å². The molecule has 2 aromatic heterocycles. The molecular formula is C22H21N2O2+. The normalized spacial score (nSPS) is 11.2. The van der Waals surface area contributed by atoms with E-state index in [2.05, 4.69) is 4.98 Å². The summed E-state index contributed by atoms with van der Waals surface area (Å²) >= 11 is 0. The third kappa shape index (κ3) is 4.80. The van der Waals surface area contributed by atoms with Gasteiger partial charge in [-0.15, -0.1) is 0 Å². The molecule has 0 aliphatic heterocycles. The van der Waals surface area contributed by atoms with Crippen LogP contribution in [-0.2, 0) is 0 Å². The number of rotatable bonds is 6. The number of hydrogen-bond acceptors (Lipinski definition) is 3. The lowest BCUT2D eigenvalue weighted by Gasteiger charge is -2.00. The Hall–Kier alpha value is -3.40. The van der Waals surface area contributed by atoms with Crippen molar-refractivity contribution in [3.8, 4) is 5.75 Å². The highest BCUT2D eigenvalue weighted by Crippen LogP contribution is 2.14. The maximum Gasteiger partial charge on any atom is 0.223 e. The van der Waals surface area contributed by atoms with Gasteiger partial charge in [-0.3, -0.25) is 4.84 Å². The number of benzene rings is 1. The summed E-state index contributed by atoms with van der Waals surface area (Å²) in [6.45, 7) is 0. The average Bonchev–Trinajstić information content (AvgIpc) is 2.72. The minimum absolute atomic E-state index is 0.851. The van der Waals surface area contributed by atoms with E-state index >= 15 is 0 Å². The van der Waals surface area contributed by atoms with Crippen molar-refractivity contribution < 1.29 is 14.3 Å². The summed E-state index contributed by atoms with van der Waals surface area (Å²) in [4.78, 5) is 9.73. The summed E-state index contributed by atoms with van der Waals surface area (Å²) in [5.41, 5.74) is 4.00. The zero-order valence-electron chi connectivity index (χ0n) is 14.9. The predicted octanol–water partition coefficient (Wildman–Crippen LogP) is 3.78. The molecule has 2 heterocycles. The van der Waals surface area contributed by atoms with Crippen LogP contribution in [0.4, 0.5) is 0 Å². The van der Waals surface area contributed by atoms with Gasteiger partial charge < -0.3 is 4.74 Å². The number of ether oxygens (including phenoxy) is 1. The van der Waals surface area contributed by atoms with Gasteiger partial charge in [0, 0.05) is 16.9 Å². The van der Waals surface area contributed by atoms with Gasteiger partial charge in [0.15, 0.2) is 0 Å². The van der Waals surface area contributed by atoms with Crippen molar-refractivity contribution >= 4 is 24.3 Å². The fourth-order valence-electron chi connectivity index (χ4n) is 2.39. The SMILES string of the molecule is COc1ccc(C=Cc2cccc(C=Cc3cc[n+](OC)cc3)n2)cc1. The van der Waals surface area contributed by atoms with E-state index in [1.807, 2.05) is 91.3 Å². The second-order valence-corrected chi connectivity index (χ2v) is 5.60. The van der Waals surface area contributed by atoms with Crippen LogP contribution in [0.1, 0.15) is 22.5 Å². The molecule has 4 heteroatoms. The summed E-state index contributed by atoms with van der Waals surface area (Å²) in [7, 11) is 3.29. The van der Waals surface area contributed by atoms with Crippen LogP contribution in [0.15, 0.2) is 67.0 Å². The van der Waals surface area contributed by atoms with Crippen molar-refractivity contribution in [2.24, 2.45) is 0 Å². The van der Waals surface area contributed by atoms with E-state index < -0.39 is 0 Å². The summed E-state index contributed by atoms with van der Waals surface area (Å²) in [5, 5.41) is 0. The molecule has 0 saturated heterocycles. The van der Waals surface area contributed by atoms with Crippen molar-refractivity contribution in [1.82, 2.24) is 4.98 Å². The lowest BCUT2D eigenvalue weighted by molar-refractivity contribution is -0.885. The Kier molecular flexibility index (Phi) is 5.78. The quantitative estimate of drug-likeness (QED) is 0.638. The van der Waals surface area contributed by atoms with Crippen molar-refractivity contribution in [3.63, 3.8) is 0 Å². The molecule has 0 atom stereocenters. The molecule has 1 aromatic carbocycles. The van der Waals surface area contributed by atoms with E-state index in [0.29, 0.717) is 0 Å². The predicted molar refractivity (Wildman–Crippen MR) is 104 cm³/mol. The minimum Gasteiger partial charge on any atom is -0.497 e. The summed E-state index contributed by atoms with van der Waals surface area (Å²) in [6.07, 6.45) is 11.8. The Morgan fingerprint density at radius 1 is 0.731 bits per heavy atom. The van der Waals surface area contributed by atoms with Crippen LogP contribution in [0.3, 0.4) is 0 Å². The minimum atomic E-state index is 0.851. The molecule has 0 fully saturated rings. The topological polar surface area (TPSA) is 35.2 Å². The fourth-order valence-corrected chi connectivity index (χ4v) is 2.39. The second kappa shape index (κ2) is 8.62. The van der Waals surface area contributed by atoms with E-state index in [1.54, 1.807) is 19.0 Å². The first-order chi connectivity index (χ1) is 12.8.